The predicted octanol–water partition coefficient (Wildman–Crippen LogP) is 9.39. The first-order valence-corrected chi connectivity index (χ1v) is 29.0. The van der Waals surface area contributed by atoms with Gasteiger partial charge in [-0.15, -0.1) is 0 Å². The monoisotopic (exact) mass is 1140 g/mol. The number of nitrogens with one attached hydrogen (secondary N) is 5. The first-order valence-electron chi connectivity index (χ1n) is 29.0. The fourth-order valence-corrected chi connectivity index (χ4v) is 10.4. The maximum Gasteiger partial charge on any atom is 0.322 e. The Morgan fingerprint density at radius 1 is 0.880 bits per heavy atom. The van der Waals surface area contributed by atoms with Crippen molar-refractivity contribution in [1.29, 1.82) is 0 Å². The third-order valence-corrected chi connectivity index (χ3v) is 15.9. The second-order valence-corrected chi connectivity index (χ2v) is 21.5. The Bertz CT molecular complexity index is 3110. The lowest BCUT2D eigenvalue weighted by molar-refractivity contribution is -0.170. The van der Waals surface area contributed by atoms with Crippen LogP contribution in [0.1, 0.15) is 125 Å². The lowest BCUT2D eigenvalue weighted by atomic mass is 9.91. The molecule has 20 nitrogen and oxygen atoms in total. The zero-order chi connectivity index (χ0) is 59.8. The number of carbonyl (C=O) groups is 6. The van der Waals surface area contributed by atoms with E-state index in [0.29, 0.717) is 69.7 Å². The van der Waals surface area contributed by atoms with Gasteiger partial charge in [0, 0.05) is 73.5 Å². The lowest BCUT2D eigenvalue weighted by Gasteiger charge is -2.35. The summed E-state index contributed by atoms with van der Waals surface area (Å²) in [6.45, 7) is 22.8. The maximum absolute atomic E-state index is 14.4. The molecule has 2 unspecified atom stereocenters. The molecule has 7 rings (SSSR count). The molecular formula is C63H83N9O11. The Balaban J connectivity index is 0.958. The smallest absolute Gasteiger partial charge is 0.322 e. The third-order valence-electron chi connectivity index (χ3n) is 15.9. The molecule has 2 aromatic heterocycles. The molecule has 4 heterocycles. The average molecular weight is 1140 g/mol. The predicted molar refractivity (Wildman–Crippen MR) is 320 cm³/mol. The van der Waals surface area contributed by atoms with Crippen LogP contribution >= 0.6 is 0 Å². The lowest BCUT2D eigenvalue weighted by Crippen LogP contribution is -2.50. The van der Waals surface area contributed by atoms with Gasteiger partial charge in [0.2, 0.25) is 0 Å². The summed E-state index contributed by atoms with van der Waals surface area (Å²) < 4.78 is 30.3. The number of amides is 4. The second kappa shape index (κ2) is 29.0. The normalized spacial score (nSPS) is 15.5. The number of aromatic amines is 2. The molecule has 1 saturated heterocycles. The van der Waals surface area contributed by atoms with E-state index in [1.807, 2.05) is 63.2 Å². The summed E-state index contributed by atoms with van der Waals surface area (Å²) in [5, 5.41) is 15.9. The molecule has 0 radical (unpaired) electrons. The number of aryl methyl sites for hydroxylation is 1. The van der Waals surface area contributed by atoms with E-state index >= 15 is 0 Å². The highest BCUT2D eigenvalue weighted by atomic mass is 16.5. The average Bonchev–Trinajstić information content (AvgIpc) is 3.83. The number of methoxy groups -OCH3 is 1. The molecular weight excluding hydrogens is 1060 g/mol. The molecule has 4 amide bonds. The zero-order valence-corrected chi connectivity index (χ0v) is 49.9. The molecule has 5 N–H and O–H groups in total. The van der Waals surface area contributed by atoms with Gasteiger partial charge in [-0.1, -0.05) is 45.9 Å². The van der Waals surface area contributed by atoms with Crippen LogP contribution in [-0.4, -0.2) is 155 Å². The van der Waals surface area contributed by atoms with Crippen molar-refractivity contribution in [3.8, 4) is 28.4 Å². The molecule has 2 aliphatic rings. The number of benzene rings is 3. The van der Waals surface area contributed by atoms with E-state index in [1.165, 1.54) is 0 Å². The van der Waals surface area contributed by atoms with E-state index in [9.17, 15) is 28.8 Å². The standard InChI is InChI=1S/C63H83N9O11/c1-11-62(8,55(73)24-25-56(74)82-48-21-23-51-49(36-48)50(59(76)68-51)37-53-41(5)57(42(6)67-53)60(77)64-26-29-70(13-3)14-4)83-43(7)58(75)63(9,12-2)81-33-31-72(40-44-18-17-19-47(34-44)79-10)61(78)69-52-22-20-45(46-38-65-66-39-46)35-54(52)80-32-30-71-27-15-16-28-71/h17-23,34-39,43,67H,11-16,24-33,40H2,1-10H3,(H,64,77)(H,65,66)(H,68,76)(H,69,78)/b50-37-/t43-,62?,63?/m0/s1. The van der Waals surface area contributed by atoms with Crippen LogP contribution in [0.15, 0.2) is 73.1 Å². The van der Waals surface area contributed by atoms with Crippen LogP contribution in [0.5, 0.6) is 17.2 Å². The van der Waals surface area contributed by atoms with Crippen LogP contribution in [0.4, 0.5) is 16.2 Å². The van der Waals surface area contributed by atoms with Crippen LogP contribution in [0.3, 0.4) is 0 Å². The fourth-order valence-electron chi connectivity index (χ4n) is 10.4. The number of hydrogen-bond donors (Lipinski definition) is 5. The van der Waals surface area contributed by atoms with Crippen LogP contribution < -0.4 is 30.2 Å². The number of anilines is 2. The number of likely N-dealkylation sites (N-methyl/N-ethyl adjacent to an activating group) is 1. The number of ether oxygens (including phenoxy) is 5. The van der Waals surface area contributed by atoms with Crippen molar-refractivity contribution >= 4 is 58.4 Å². The van der Waals surface area contributed by atoms with Crippen molar-refractivity contribution in [2.75, 3.05) is 83.3 Å². The minimum absolute atomic E-state index is 0.0234. The van der Waals surface area contributed by atoms with Gasteiger partial charge in [-0.2, -0.15) is 5.10 Å². The van der Waals surface area contributed by atoms with Gasteiger partial charge in [-0.25, -0.2) is 4.79 Å². The SMILES string of the molecule is CCN(CC)CCNC(=O)c1c(C)[nH]c(/C=C2\C(=O)Nc3ccc(OC(=O)CCC(=O)C(C)(CC)O[C@@H](C)C(=O)C(C)(CC)OCCN(Cc4cccc(OC)c4)C(=O)Nc4ccc(-c5cn[nH]c5)cc4OCCN4CCCC4)cc32)c1C. The first kappa shape index (κ1) is 62.9. The van der Waals surface area contributed by atoms with E-state index in [2.05, 4.69) is 54.8 Å². The summed E-state index contributed by atoms with van der Waals surface area (Å²) >= 11 is 0. The van der Waals surface area contributed by atoms with E-state index in [0.717, 1.165) is 68.8 Å². The van der Waals surface area contributed by atoms with Crippen LogP contribution in [-0.2, 0) is 35.2 Å². The van der Waals surface area contributed by atoms with Gasteiger partial charge in [0.25, 0.3) is 11.8 Å². The largest absolute Gasteiger partial charge is 0.497 e. The van der Waals surface area contributed by atoms with Gasteiger partial charge >= 0.3 is 12.0 Å². The van der Waals surface area contributed by atoms with Crippen LogP contribution in [0.25, 0.3) is 22.8 Å². The number of hydrogen-bond acceptors (Lipinski definition) is 14. The highest BCUT2D eigenvalue weighted by molar-refractivity contribution is 6.35. The number of likely N-dealkylation sites (tertiary alicyclic amines) is 1. The second-order valence-electron chi connectivity index (χ2n) is 21.5. The topological polar surface area (TPSA) is 239 Å². The molecule has 0 aliphatic carbocycles. The minimum Gasteiger partial charge on any atom is -0.497 e. The third kappa shape index (κ3) is 16.1. The molecule has 0 bridgehead atoms. The summed E-state index contributed by atoms with van der Waals surface area (Å²) in [5.41, 5.74) is 4.04. The molecule has 1 fully saturated rings. The van der Waals surface area contributed by atoms with Crippen molar-refractivity contribution in [2.45, 2.75) is 125 Å². The van der Waals surface area contributed by atoms with Crippen molar-refractivity contribution in [1.82, 2.24) is 35.2 Å². The summed E-state index contributed by atoms with van der Waals surface area (Å²) in [5.74, 6) is -0.707. The molecule has 5 aromatic rings. The van der Waals surface area contributed by atoms with Gasteiger partial charge in [0.15, 0.2) is 11.6 Å². The number of nitrogens with zero attached hydrogens (tertiary/aromatic N) is 4. The van der Waals surface area contributed by atoms with E-state index in [1.54, 1.807) is 76.4 Å². The number of Topliss-reactive ketones (excluding diaryl/α,β-unsaturated/α-hetero) is 2. The number of fused-ring (bicyclic) bond motifs is 1. The van der Waals surface area contributed by atoms with Gasteiger partial charge in [-0.05, 0) is 152 Å². The molecule has 2 aliphatic heterocycles. The highest BCUT2D eigenvalue weighted by Gasteiger charge is 2.42. The van der Waals surface area contributed by atoms with Gasteiger partial charge in [0.05, 0.1) is 43.2 Å². The first-order chi connectivity index (χ1) is 39.8. The maximum atomic E-state index is 14.4. The van der Waals surface area contributed by atoms with Crippen molar-refractivity contribution in [2.24, 2.45) is 0 Å². The molecule has 0 saturated carbocycles. The van der Waals surface area contributed by atoms with Crippen molar-refractivity contribution < 1.29 is 52.5 Å². The molecule has 83 heavy (non-hydrogen) atoms. The molecule has 3 aromatic carbocycles. The van der Waals surface area contributed by atoms with Crippen LogP contribution in [0.2, 0.25) is 0 Å². The van der Waals surface area contributed by atoms with Crippen LogP contribution in [0, 0.1) is 13.8 Å². The van der Waals surface area contributed by atoms with Gasteiger partial charge < -0.3 is 54.4 Å². The van der Waals surface area contributed by atoms with Crippen molar-refractivity contribution in [3.05, 3.63) is 107 Å². The minimum atomic E-state index is -1.44. The molecule has 3 atom stereocenters. The van der Waals surface area contributed by atoms with E-state index in [-0.39, 0.29) is 62.9 Å². The Morgan fingerprint density at radius 3 is 2.34 bits per heavy atom. The summed E-state index contributed by atoms with van der Waals surface area (Å²) in [7, 11) is 1.58. The highest BCUT2D eigenvalue weighted by Crippen LogP contribution is 2.37. The van der Waals surface area contributed by atoms with Crippen molar-refractivity contribution in [3.63, 3.8) is 0 Å². The quantitative estimate of drug-likeness (QED) is 0.0158. The Morgan fingerprint density at radius 2 is 1.64 bits per heavy atom. The molecule has 20 heteroatoms. The van der Waals surface area contributed by atoms with E-state index < -0.39 is 40.9 Å². The number of aromatic nitrogens is 3. The Hall–Kier alpha value is -7.65. The van der Waals surface area contributed by atoms with E-state index in [4.69, 9.17) is 23.7 Å². The molecule has 0 spiro atoms. The van der Waals surface area contributed by atoms with Gasteiger partial charge in [0.1, 0.15) is 41.2 Å². The number of rotatable bonds is 31. The Labute approximate surface area is 487 Å². The summed E-state index contributed by atoms with van der Waals surface area (Å²) in [4.78, 5) is 92.0. The summed E-state index contributed by atoms with van der Waals surface area (Å²) in [6.07, 6.45) is 6.38. The fraction of sp³-hybridized carbons (Fsp3) is 0.476. The zero-order valence-electron chi connectivity index (χ0n) is 49.9. The Kier molecular flexibility index (Phi) is 22.0. The summed E-state index contributed by atoms with van der Waals surface area (Å²) in [6, 6.07) is 17.4. The van der Waals surface area contributed by atoms with Gasteiger partial charge in [-0.3, -0.25) is 34.0 Å². The number of ketones is 2. The number of urea groups is 1. The number of H-pyrrole nitrogens is 2. The molecule has 446 valence electrons. The number of esters is 1. The number of carbonyl (C=O) groups excluding carboxylic acids is 6.